The number of piperazine rings is 1. The lowest BCUT2D eigenvalue weighted by Crippen LogP contribution is -2.57. The quantitative estimate of drug-likeness (QED) is 0.776. The monoisotopic (exact) mass is 262 g/mol. The number of carbonyl (C=O) groups excluding carboxylic acids is 2. The van der Waals surface area contributed by atoms with Gasteiger partial charge < -0.3 is 15.3 Å². The summed E-state index contributed by atoms with van der Waals surface area (Å²) in [5.41, 5.74) is 0.814. The van der Waals surface area contributed by atoms with Crippen molar-refractivity contribution in [2.24, 2.45) is 0 Å². The van der Waals surface area contributed by atoms with Crippen LogP contribution in [0.5, 0.6) is 0 Å². The first-order valence-electron chi connectivity index (χ1n) is 5.91. The number of carbonyl (C=O) groups is 3. The van der Waals surface area contributed by atoms with Crippen LogP contribution >= 0.6 is 0 Å². The summed E-state index contributed by atoms with van der Waals surface area (Å²) in [6, 6.07) is 8.02. The normalized spacial score (nSPS) is 16.9. The molecule has 0 radical (unpaired) electrons. The van der Waals surface area contributed by atoms with Gasteiger partial charge in [-0.2, -0.15) is 0 Å². The molecule has 0 spiro atoms. The molecule has 1 heterocycles. The van der Waals surface area contributed by atoms with Crippen molar-refractivity contribution < 1.29 is 19.5 Å². The van der Waals surface area contributed by atoms with Crippen LogP contribution in [0.2, 0.25) is 0 Å². The molecule has 1 aromatic rings. The predicted octanol–water partition coefficient (Wildman–Crippen LogP) is -0.359. The fourth-order valence-corrected chi connectivity index (χ4v) is 2.03. The number of hydrogen-bond donors (Lipinski definition) is 2. The lowest BCUT2D eigenvalue weighted by molar-refractivity contribution is -0.153. The zero-order valence-electron chi connectivity index (χ0n) is 10.2. The molecule has 6 nitrogen and oxygen atoms in total. The Labute approximate surface area is 110 Å². The molecule has 1 aromatic carbocycles. The molecular weight excluding hydrogens is 248 g/mol. The third-order valence-electron chi connectivity index (χ3n) is 3.00. The minimum Gasteiger partial charge on any atom is -0.480 e. The van der Waals surface area contributed by atoms with Gasteiger partial charge in [-0.05, 0) is 5.56 Å². The number of benzene rings is 1. The Morgan fingerprint density at radius 2 is 2.00 bits per heavy atom. The maximum Gasteiger partial charge on any atom is 0.326 e. The van der Waals surface area contributed by atoms with Gasteiger partial charge in [0.2, 0.25) is 11.8 Å². The molecule has 1 unspecified atom stereocenters. The third-order valence-corrected chi connectivity index (χ3v) is 3.00. The van der Waals surface area contributed by atoms with Gasteiger partial charge in [0.25, 0.3) is 0 Å². The van der Waals surface area contributed by atoms with Crippen LogP contribution in [0.3, 0.4) is 0 Å². The molecule has 19 heavy (non-hydrogen) atoms. The molecular formula is C13H14N2O4. The van der Waals surface area contributed by atoms with Crippen LogP contribution < -0.4 is 5.32 Å². The van der Waals surface area contributed by atoms with Crippen LogP contribution in [-0.2, 0) is 20.8 Å². The summed E-state index contributed by atoms with van der Waals surface area (Å²) >= 11 is 0. The van der Waals surface area contributed by atoms with Gasteiger partial charge >= 0.3 is 5.97 Å². The van der Waals surface area contributed by atoms with Gasteiger partial charge in [0, 0.05) is 6.42 Å². The van der Waals surface area contributed by atoms with Crippen LogP contribution in [0.4, 0.5) is 0 Å². The Bertz CT molecular complexity index is 501. The highest BCUT2D eigenvalue weighted by Gasteiger charge is 2.33. The Kier molecular flexibility index (Phi) is 3.79. The van der Waals surface area contributed by atoms with E-state index in [-0.39, 0.29) is 31.3 Å². The molecule has 1 atom stereocenters. The number of nitrogens with one attached hydrogen (secondary N) is 1. The highest BCUT2D eigenvalue weighted by atomic mass is 16.4. The van der Waals surface area contributed by atoms with Crippen LogP contribution in [0.15, 0.2) is 30.3 Å². The molecule has 0 aromatic heterocycles. The summed E-state index contributed by atoms with van der Waals surface area (Å²) in [5, 5.41) is 11.7. The first-order chi connectivity index (χ1) is 9.08. The first kappa shape index (κ1) is 13.1. The lowest BCUT2D eigenvalue weighted by atomic mass is 10.0. The molecule has 2 amide bonds. The minimum atomic E-state index is -1.10. The Morgan fingerprint density at radius 1 is 1.32 bits per heavy atom. The number of amides is 2. The molecule has 1 aliphatic rings. The summed E-state index contributed by atoms with van der Waals surface area (Å²) in [6.07, 6.45) is 0.190. The van der Waals surface area contributed by atoms with E-state index in [1.807, 2.05) is 6.07 Å². The van der Waals surface area contributed by atoms with Gasteiger partial charge in [-0.15, -0.1) is 0 Å². The number of carboxylic acids is 1. The number of nitrogens with zero attached hydrogens (tertiary/aromatic N) is 1. The van der Waals surface area contributed by atoms with Crippen molar-refractivity contribution in [3.8, 4) is 0 Å². The Hall–Kier alpha value is -2.37. The summed E-state index contributed by atoms with van der Waals surface area (Å²) in [7, 11) is 0. The largest absolute Gasteiger partial charge is 0.480 e. The van der Waals surface area contributed by atoms with Crippen molar-refractivity contribution in [1.29, 1.82) is 0 Å². The zero-order chi connectivity index (χ0) is 13.8. The molecule has 100 valence electrons. The van der Waals surface area contributed by atoms with Crippen LogP contribution in [-0.4, -0.2) is 46.9 Å². The van der Waals surface area contributed by atoms with Gasteiger partial charge in [0.1, 0.15) is 12.6 Å². The SMILES string of the molecule is O=C1CN(C(Cc2ccccc2)C(=O)O)C(=O)CN1. The van der Waals surface area contributed by atoms with Gasteiger partial charge in [0.15, 0.2) is 0 Å². The van der Waals surface area contributed by atoms with E-state index in [4.69, 9.17) is 0 Å². The van der Waals surface area contributed by atoms with Crippen LogP contribution in [0.1, 0.15) is 5.56 Å². The predicted molar refractivity (Wildman–Crippen MR) is 66.3 cm³/mol. The summed E-state index contributed by atoms with van der Waals surface area (Å²) in [5.74, 6) is -1.81. The molecule has 0 aliphatic carbocycles. The van der Waals surface area contributed by atoms with E-state index in [0.717, 1.165) is 10.5 Å². The fourth-order valence-electron chi connectivity index (χ4n) is 2.03. The lowest BCUT2D eigenvalue weighted by Gasteiger charge is -2.31. The summed E-state index contributed by atoms with van der Waals surface area (Å²) < 4.78 is 0. The van der Waals surface area contributed by atoms with Crippen LogP contribution in [0, 0.1) is 0 Å². The number of aliphatic carboxylic acids is 1. The zero-order valence-corrected chi connectivity index (χ0v) is 10.2. The van der Waals surface area contributed by atoms with Gasteiger partial charge in [-0.25, -0.2) is 4.79 Å². The maximum atomic E-state index is 11.7. The molecule has 0 bridgehead atoms. The Balaban J connectivity index is 2.18. The fraction of sp³-hybridized carbons (Fsp3) is 0.308. The third kappa shape index (κ3) is 3.09. The molecule has 1 fully saturated rings. The van der Waals surface area contributed by atoms with Gasteiger partial charge in [-0.1, -0.05) is 30.3 Å². The average molecular weight is 262 g/mol. The van der Waals surface area contributed by atoms with Crippen molar-refractivity contribution in [3.63, 3.8) is 0 Å². The van der Waals surface area contributed by atoms with E-state index in [1.165, 1.54) is 0 Å². The number of carboxylic acid groups (broad SMARTS) is 1. The van der Waals surface area contributed by atoms with Crippen molar-refractivity contribution in [1.82, 2.24) is 10.2 Å². The highest BCUT2D eigenvalue weighted by Crippen LogP contribution is 2.11. The van der Waals surface area contributed by atoms with E-state index in [2.05, 4.69) is 5.32 Å². The smallest absolute Gasteiger partial charge is 0.326 e. The van der Waals surface area contributed by atoms with E-state index in [0.29, 0.717) is 0 Å². The van der Waals surface area contributed by atoms with Crippen LogP contribution in [0.25, 0.3) is 0 Å². The number of rotatable bonds is 4. The van der Waals surface area contributed by atoms with E-state index < -0.39 is 12.0 Å². The second-order valence-electron chi connectivity index (χ2n) is 4.34. The van der Waals surface area contributed by atoms with E-state index >= 15 is 0 Å². The molecule has 1 saturated heterocycles. The van der Waals surface area contributed by atoms with Crippen molar-refractivity contribution in [2.75, 3.05) is 13.1 Å². The van der Waals surface area contributed by atoms with E-state index in [1.54, 1.807) is 24.3 Å². The maximum absolute atomic E-state index is 11.7. The second kappa shape index (κ2) is 5.51. The topological polar surface area (TPSA) is 86.7 Å². The molecule has 6 heteroatoms. The summed E-state index contributed by atoms with van der Waals surface area (Å²) in [4.78, 5) is 35.5. The average Bonchev–Trinajstić information content (AvgIpc) is 2.40. The Morgan fingerprint density at radius 3 is 2.63 bits per heavy atom. The molecule has 1 aliphatic heterocycles. The molecule has 2 N–H and O–H groups in total. The van der Waals surface area contributed by atoms with Crippen molar-refractivity contribution in [3.05, 3.63) is 35.9 Å². The first-order valence-corrected chi connectivity index (χ1v) is 5.91. The highest BCUT2D eigenvalue weighted by molar-refractivity contribution is 5.95. The molecule has 2 rings (SSSR count). The minimum absolute atomic E-state index is 0.141. The van der Waals surface area contributed by atoms with Gasteiger partial charge in [-0.3, -0.25) is 9.59 Å². The number of hydrogen-bond acceptors (Lipinski definition) is 3. The molecule has 0 saturated carbocycles. The van der Waals surface area contributed by atoms with E-state index in [9.17, 15) is 19.5 Å². The van der Waals surface area contributed by atoms with Crippen molar-refractivity contribution in [2.45, 2.75) is 12.5 Å². The van der Waals surface area contributed by atoms with Gasteiger partial charge in [0.05, 0.1) is 6.54 Å². The second-order valence-corrected chi connectivity index (χ2v) is 4.34. The standard InChI is InChI=1S/C13H14N2O4/c16-11-8-15(12(17)7-14-11)10(13(18)19)6-9-4-2-1-3-5-9/h1-5,10H,6-8H2,(H,14,16)(H,18,19). The summed E-state index contributed by atoms with van der Waals surface area (Å²) in [6.45, 7) is -0.347. The van der Waals surface area contributed by atoms with Crippen molar-refractivity contribution >= 4 is 17.8 Å².